The standard InChI is InChI=1S/C18H17F3N6O3/c1-11-5-3-4-6-13(11)9-25-8-7-14(23-25)22-15(28)10-26-12(2)16(27(29)30)17(24-26)18(19,20)21/h3-8H,9-10H2,1-2H3,(H,22,23,28). The Labute approximate surface area is 168 Å². The van der Waals surface area contributed by atoms with Crippen molar-refractivity contribution in [2.75, 3.05) is 5.32 Å². The number of halogens is 3. The molecule has 0 aliphatic rings. The first kappa shape index (κ1) is 21.0. The van der Waals surface area contributed by atoms with Gasteiger partial charge in [0.05, 0.1) is 11.5 Å². The minimum Gasteiger partial charge on any atom is -0.308 e. The van der Waals surface area contributed by atoms with E-state index in [9.17, 15) is 28.1 Å². The van der Waals surface area contributed by atoms with Gasteiger partial charge < -0.3 is 5.32 Å². The van der Waals surface area contributed by atoms with Crippen LogP contribution in [0.3, 0.4) is 0 Å². The fraction of sp³-hybridized carbons (Fsp3) is 0.278. The predicted molar refractivity (Wildman–Crippen MR) is 99.8 cm³/mol. The molecule has 0 radical (unpaired) electrons. The van der Waals surface area contributed by atoms with Gasteiger partial charge in [0.2, 0.25) is 11.6 Å². The van der Waals surface area contributed by atoms with Crippen molar-refractivity contribution in [3.05, 3.63) is 69.2 Å². The van der Waals surface area contributed by atoms with E-state index in [4.69, 9.17) is 0 Å². The van der Waals surface area contributed by atoms with Crippen molar-refractivity contribution in [2.24, 2.45) is 0 Å². The average molecular weight is 422 g/mol. The SMILES string of the molecule is Cc1ccccc1Cn1ccc(NC(=O)Cn2nc(C(F)(F)F)c([N+](=O)[O-])c2C)n1. The molecule has 2 heterocycles. The van der Waals surface area contributed by atoms with Gasteiger partial charge in [0, 0.05) is 12.3 Å². The van der Waals surface area contributed by atoms with Gasteiger partial charge in [-0.05, 0) is 25.0 Å². The smallest absolute Gasteiger partial charge is 0.308 e. The molecule has 0 fully saturated rings. The Bertz CT molecular complexity index is 1100. The van der Waals surface area contributed by atoms with Crippen molar-refractivity contribution in [3.63, 3.8) is 0 Å². The van der Waals surface area contributed by atoms with Crippen LogP contribution in [-0.4, -0.2) is 30.4 Å². The number of benzene rings is 1. The van der Waals surface area contributed by atoms with Crippen LogP contribution in [0.15, 0.2) is 36.5 Å². The van der Waals surface area contributed by atoms with E-state index in [1.165, 1.54) is 6.07 Å². The summed E-state index contributed by atoms with van der Waals surface area (Å²) >= 11 is 0. The lowest BCUT2D eigenvalue weighted by molar-refractivity contribution is -0.388. The summed E-state index contributed by atoms with van der Waals surface area (Å²) in [5.74, 6) is -0.519. The molecule has 1 N–H and O–H groups in total. The number of aromatic nitrogens is 4. The number of amides is 1. The third kappa shape index (κ3) is 4.47. The second-order valence-electron chi connectivity index (χ2n) is 6.57. The molecule has 12 heteroatoms. The molecule has 0 saturated heterocycles. The topological polar surface area (TPSA) is 108 Å². The van der Waals surface area contributed by atoms with E-state index in [1.54, 1.807) is 10.9 Å². The zero-order valence-corrected chi connectivity index (χ0v) is 16.0. The van der Waals surface area contributed by atoms with Crippen LogP contribution in [0.4, 0.5) is 24.7 Å². The van der Waals surface area contributed by atoms with Gasteiger partial charge in [0.25, 0.3) is 0 Å². The molecule has 0 atom stereocenters. The summed E-state index contributed by atoms with van der Waals surface area (Å²) in [5, 5.41) is 20.9. The predicted octanol–water partition coefficient (Wildman–Crippen LogP) is 3.31. The summed E-state index contributed by atoms with van der Waals surface area (Å²) in [6.07, 6.45) is -3.36. The molecule has 158 valence electrons. The van der Waals surface area contributed by atoms with Crippen molar-refractivity contribution >= 4 is 17.4 Å². The van der Waals surface area contributed by atoms with Gasteiger partial charge in [0.15, 0.2) is 5.82 Å². The van der Waals surface area contributed by atoms with Crippen LogP contribution < -0.4 is 5.32 Å². The average Bonchev–Trinajstić information content (AvgIpc) is 3.21. The molecule has 9 nitrogen and oxygen atoms in total. The summed E-state index contributed by atoms with van der Waals surface area (Å²) in [6, 6.07) is 9.26. The number of anilines is 1. The number of hydrogen-bond donors (Lipinski definition) is 1. The number of nitrogens with zero attached hydrogens (tertiary/aromatic N) is 5. The van der Waals surface area contributed by atoms with Crippen molar-refractivity contribution in [3.8, 4) is 0 Å². The highest BCUT2D eigenvalue weighted by molar-refractivity contribution is 5.89. The van der Waals surface area contributed by atoms with Crippen molar-refractivity contribution in [1.29, 1.82) is 0 Å². The first-order valence-electron chi connectivity index (χ1n) is 8.73. The number of carbonyl (C=O) groups is 1. The first-order chi connectivity index (χ1) is 14.1. The Kier molecular flexibility index (Phi) is 5.58. The maximum Gasteiger partial charge on any atom is 0.442 e. The van der Waals surface area contributed by atoms with E-state index in [-0.39, 0.29) is 11.5 Å². The first-order valence-corrected chi connectivity index (χ1v) is 8.73. The molecule has 0 spiro atoms. The van der Waals surface area contributed by atoms with Crippen LogP contribution in [0.1, 0.15) is 22.5 Å². The van der Waals surface area contributed by atoms with Crippen LogP contribution in [0.2, 0.25) is 0 Å². The molecule has 0 saturated carbocycles. The Balaban J connectivity index is 1.72. The number of aryl methyl sites for hydroxylation is 1. The quantitative estimate of drug-likeness (QED) is 0.484. The minimum atomic E-state index is -5.01. The highest BCUT2D eigenvalue weighted by Gasteiger charge is 2.44. The second kappa shape index (κ2) is 7.97. The van der Waals surface area contributed by atoms with Gasteiger partial charge in [-0.15, -0.1) is 0 Å². The fourth-order valence-electron chi connectivity index (χ4n) is 2.90. The summed E-state index contributed by atoms with van der Waals surface area (Å²) in [4.78, 5) is 22.1. The van der Waals surface area contributed by atoms with Crippen LogP contribution in [0, 0.1) is 24.0 Å². The van der Waals surface area contributed by atoms with E-state index in [1.807, 2.05) is 31.2 Å². The summed E-state index contributed by atoms with van der Waals surface area (Å²) < 4.78 is 41.3. The monoisotopic (exact) mass is 422 g/mol. The number of nitrogens with one attached hydrogen (secondary N) is 1. The summed E-state index contributed by atoms with van der Waals surface area (Å²) in [5.41, 5.74) is -1.06. The van der Waals surface area contributed by atoms with E-state index >= 15 is 0 Å². The fourth-order valence-corrected chi connectivity index (χ4v) is 2.90. The normalized spacial score (nSPS) is 11.5. The molecule has 3 aromatic rings. The van der Waals surface area contributed by atoms with E-state index in [0.717, 1.165) is 18.1 Å². The zero-order valence-electron chi connectivity index (χ0n) is 16.0. The van der Waals surface area contributed by atoms with E-state index in [2.05, 4.69) is 15.5 Å². The molecule has 1 amide bonds. The summed E-state index contributed by atoms with van der Waals surface area (Å²) in [6.45, 7) is 2.91. The minimum absolute atomic E-state index is 0.198. The Morgan fingerprint density at radius 2 is 1.90 bits per heavy atom. The van der Waals surface area contributed by atoms with E-state index < -0.39 is 34.9 Å². The van der Waals surface area contributed by atoms with Crippen LogP contribution >= 0.6 is 0 Å². The molecular formula is C18H17F3N6O3. The zero-order chi connectivity index (χ0) is 22.1. The van der Waals surface area contributed by atoms with Crippen molar-refractivity contribution < 1.29 is 22.9 Å². The Morgan fingerprint density at radius 3 is 2.50 bits per heavy atom. The van der Waals surface area contributed by atoms with Gasteiger partial charge in [-0.1, -0.05) is 24.3 Å². The van der Waals surface area contributed by atoms with Gasteiger partial charge in [0.1, 0.15) is 12.2 Å². The molecule has 0 bridgehead atoms. The third-order valence-electron chi connectivity index (χ3n) is 4.42. The number of alkyl halides is 3. The summed E-state index contributed by atoms with van der Waals surface area (Å²) in [7, 11) is 0. The molecule has 30 heavy (non-hydrogen) atoms. The molecular weight excluding hydrogens is 405 g/mol. The molecule has 2 aromatic heterocycles. The molecule has 0 unspecified atom stereocenters. The molecule has 0 aliphatic carbocycles. The lowest BCUT2D eigenvalue weighted by Crippen LogP contribution is -2.21. The number of carbonyl (C=O) groups excluding carboxylic acids is 1. The maximum absolute atomic E-state index is 13.0. The van der Waals surface area contributed by atoms with Gasteiger partial charge in [-0.3, -0.25) is 24.3 Å². The van der Waals surface area contributed by atoms with Gasteiger partial charge >= 0.3 is 11.9 Å². The van der Waals surface area contributed by atoms with Crippen LogP contribution in [0.25, 0.3) is 0 Å². The third-order valence-corrected chi connectivity index (χ3v) is 4.42. The van der Waals surface area contributed by atoms with Crippen molar-refractivity contribution in [2.45, 2.75) is 33.1 Å². The largest absolute Gasteiger partial charge is 0.442 e. The molecule has 0 aliphatic heterocycles. The van der Waals surface area contributed by atoms with Crippen molar-refractivity contribution in [1.82, 2.24) is 19.6 Å². The highest BCUT2D eigenvalue weighted by Crippen LogP contribution is 2.36. The number of rotatable bonds is 6. The highest BCUT2D eigenvalue weighted by atomic mass is 19.4. The number of nitro groups is 1. The molecule has 3 rings (SSSR count). The van der Waals surface area contributed by atoms with Crippen LogP contribution in [0.5, 0.6) is 0 Å². The number of hydrogen-bond acceptors (Lipinski definition) is 5. The Morgan fingerprint density at radius 1 is 1.20 bits per heavy atom. The molecule has 1 aromatic carbocycles. The second-order valence-corrected chi connectivity index (χ2v) is 6.57. The lowest BCUT2D eigenvalue weighted by Gasteiger charge is -2.06. The maximum atomic E-state index is 13.0. The Hall–Kier alpha value is -3.70. The van der Waals surface area contributed by atoms with Crippen LogP contribution in [-0.2, 0) is 24.1 Å². The van der Waals surface area contributed by atoms with E-state index in [0.29, 0.717) is 11.2 Å². The lowest BCUT2D eigenvalue weighted by atomic mass is 10.1. The van der Waals surface area contributed by atoms with Gasteiger partial charge in [-0.25, -0.2) is 0 Å². The van der Waals surface area contributed by atoms with Gasteiger partial charge in [-0.2, -0.15) is 23.4 Å².